The average molecular weight is 517 g/mol. The summed E-state index contributed by atoms with van der Waals surface area (Å²) in [5.41, 5.74) is 5.10. The highest BCUT2D eigenvalue weighted by atomic mass is 32.2. The van der Waals surface area contributed by atoms with Crippen LogP contribution in [0.4, 0.5) is 4.79 Å². The minimum absolute atomic E-state index is 0.0589. The van der Waals surface area contributed by atoms with E-state index in [1.165, 1.54) is 6.07 Å². The van der Waals surface area contributed by atoms with Gasteiger partial charge in [-0.1, -0.05) is 48.5 Å². The predicted octanol–water partition coefficient (Wildman–Crippen LogP) is 4.30. The Morgan fingerprint density at radius 3 is 2.62 bits per heavy atom. The lowest BCUT2D eigenvalue weighted by Gasteiger charge is -2.20. The van der Waals surface area contributed by atoms with Crippen LogP contribution in [0.5, 0.6) is 5.75 Å². The average Bonchev–Trinajstić information content (AvgIpc) is 3.50. The monoisotopic (exact) mass is 516 g/mol. The van der Waals surface area contributed by atoms with E-state index in [1.54, 1.807) is 31.5 Å². The van der Waals surface area contributed by atoms with Crippen molar-refractivity contribution in [2.75, 3.05) is 6.61 Å². The molecule has 0 bridgehead atoms. The molecule has 0 spiro atoms. The Morgan fingerprint density at radius 2 is 1.84 bits per heavy atom. The van der Waals surface area contributed by atoms with Crippen molar-refractivity contribution in [1.29, 1.82) is 0 Å². The van der Waals surface area contributed by atoms with Gasteiger partial charge in [-0.2, -0.15) is 0 Å². The van der Waals surface area contributed by atoms with Crippen LogP contribution >= 0.6 is 0 Å². The second kappa shape index (κ2) is 10.1. The van der Waals surface area contributed by atoms with Crippen molar-refractivity contribution >= 4 is 16.1 Å². The van der Waals surface area contributed by atoms with Crippen LogP contribution in [-0.2, 0) is 29.9 Å². The van der Waals surface area contributed by atoms with E-state index in [4.69, 9.17) is 4.74 Å². The number of hydrogen-bond donors (Lipinski definition) is 2. The first-order chi connectivity index (χ1) is 17.8. The van der Waals surface area contributed by atoms with Crippen LogP contribution in [0.25, 0.3) is 11.3 Å². The number of urea groups is 1. The normalized spacial score (nSPS) is 13.5. The smallest absolute Gasteiger partial charge is 0.329 e. The second-order valence-corrected chi connectivity index (χ2v) is 10.7. The van der Waals surface area contributed by atoms with Crippen LogP contribution in [0.2, 0.25) is 0 Å². The summed E-state index contributed by atoms with van der Waals surface area (Å²) in [6.07, 6.45) is 2.97. The van der Waals surface area contributed by atoms with E-state index in [0.29, 0.717) is 24.3 Å². The SMILES string of the molecule is Cc1ccccc1S(=O)(=O)NC(=O)NC(Cc1ccccc1)c1ncn(C)c1-c1ccc2c(c1)CCO2. The number of benzene rings is 3. The fraction of sp³-hybridized carbons (Fsp3) is 0.214. The number of imidazole rings is 1. The van der Waals surface area contributed by atoms with Crippen molar-refractivity contribution in [3.8, 4) is 17.0 Å². The lowest BCUT2D eigenvalue weighted by atomic mass is 9.98. The van der Waals surface area contributed by atoms with Gasteiger partial charge < -0.3 is 14.6 Å². The quantitative estimate of drug-likeness (QED) is 0.381. The third-order valence-electron chi connectivity index (χ3n) is 6.46. The van der Waals surface area contributed by atoms with Gasteiger partial charge in [-0.15, -0.1) is 0 Å². The summed E-state index contributed by atoms with van der Waals surface area (Å²) in [6.45, 7) is 2.34. The van der Waals surface area contributed by atoms with Gasteiger partial charge in [0.05, 0.1) is 35.3 Å². The molecular weight excluding hydrogens is 488 g/mol. The van der Waals surface area contributed by atoms with Crippen molar-refractivity contribution < 1.29 is 17.9 Å². The number of carbonyl (C=O) groups is 1. The third kappa shape index (κ3) is 5.22. The van der Waals surface area contributed by atoms with Gasteiger partial charge in [0.2, 0.25) is 0 Å². The molecular formula is C28H28N4O4S. The highest BCUT2D eigenvalue weighted by Crippen LogP contribution is 2.34. The third-order valence-corrected chi connectivity index (χ3v) is 7.95. The summed E-state index contributed by atoms with van der Waals surface area (Å²) in [5, 5.41) is 2.87. The minimum atomic E-state index is -4.06. The van der Waals surface area contributed by atoms with Crippen LogP contribution in [0, 0.1) is 6.92 Å². The van der Waals surface area contributed by atoms with Gasteiger partial charge >= 0.3 is 6.03 Å². The van der Waals surface area contributed by atoms with Crippen molar-refractivity contribution in [2.24, 2.45) is 7.05 Å². The van der Waals surface area contributed by atoms with Crippen LogP contribution in [-0.4, -0.2) is 30.6 Å². The summed E-state index contributed by atoms with van der Waals surface area (Å²) in [5.74, 6) is 0.882. The fourth-order valence-corrected chi connectivity index (χ4v) is 5.84. The topological polar surface area (TPSA) is 102 Å². The number of nitrogens with one attached hydrogen (secondary N) is 2. The van der Waals surface area contributed by atoms with Crippen LogP contribution in [0.3, 0.4) is 0 Å². The highest BCUT2D eigenvalue weighted by molar-refractivity contribution is 7.90. The number of rotatable bonds is 7. The molecule has 4 aromatic rings. The molecule has 1 aliphatic rings. The molecule has 2 N–H and O–H groups in total. The largest absolute Gasteiger partial charge is 0.493 e. The van der Waals surface area contributed by atoms with E-state index in [1.807, 2.05) is 54.1 Å². The Balaban J connectivity index is 1.48. The van der Waals surface area contributed by atoms with E-state index in [-0.39, 0.29) is 4.90 Å². The van der Waals surface area contributed by atoms with E-state index in [2.05, 4.69) is 21.1 Å². The molecule has 8 nitrogen and oxygen atoms in total. The molecule has 0 aliphatic carbocycles. The lowest BCUT2D eigenvalue weighted by molar-refractivity contribution is 0.242. The van der Waals surface area contributed by atoms with Gasteiger partial charge in [-0.25, -0.2) is 22.9 Å². The summed E-state index contributed by atoms with van der Waals surface area (Å²) < 4.78 is 35.6. The number of hydrogen-bond acceptors (Lipinski definition) is 5. The molecule has 9 heteroatoms. The molecule has 190 valence electrons. The van der Waals surface area contributed by atoms with Gasteiger partial charge in [0.15, 0.2) is 0 Å². The zero-order valence-corrected chi connectivity index (χ0v) is 21.5. The summed E-state index contributed by atoms with van der Waals surface area (Å²) >= 11 is 0. The molecule has 5 rings (SSSR count). The van der Waals surface area contributed by atoms with E-state index >= 15 is 0 Å². The van der Waals surface area contributed by atoms with E-state index < -0.39 is 22.1 Å². The zero-order chi connectivity index (χ0) is 26.0. The maximum Gasteiger partial charge on any atom is 0.329 e. The first-order valence-corrected chi connectivity index (χ1v) is 13.5. The van der Waals surface area contributed by atoms with Crippen LogP contribution < -0.4 is 14.8 Å². The van der Waals surface area contributed by atoms with Gasteiger partial charge in [-0.05, 0) is 54.3 Å². The molecule has 1 aromatic heterocycles. The molecule has 0 saturated heterocycles. The lowest BCUT2D eigenvalue weighted by Crippen LogP contribution is -2.42. The molecule has 0 saturated carbocycles. The maximum atomic E-state index is 13.1. The van der Waals surface area contributed by atoms with Crippen molar-refractivity contribution in [1.82, 2.24) is 19.6 Å². The minimum Gasteiger partial charge on any atom is -0.493 e. The number of nitrogens with zero attached hydrogens (tertiary/aromatic N) is 2. The predicted molar refractivity (Wildman–Crippen MR) is 141 cm³/mol. The highest BCUT2D eigenvalue weighted by Gasteiger charge is 2.27. The number of amides is 2. The Labute approximate surface area is 216 Å². The molecule has 2 amide bonds. The Bertz CT molecular complexity index is 1550. The summed E-state index contributed by atoms with van der Waals surface area (Å²) in [4.78, 5) is 17.8. The van der Waals surface area contributed by atoms with Gasteiger partial charge in [0.1, 0.15) is 5.75 Å². The maximum absolute atomic E-state index is 13.1. The molecule has 37 heavy (non-hydrogen) atoms. The summed E-state index contributed by atoms with van der Waals surface area (Å²) in [7, 11) is -2.16. The van der Waals surface area contributed by atoms with Crippen LogP contribution in [0.1, 0.15) is 28.4 Å². The molecule has 1 unspecified atom stereocenters. The molecule has 0 radical (unpaired) electrons. The Hall–Kier alpha value is -4.11. The second-order valence-electron chi connectivity index (χ2n) is 9.10. The van der Waals surface area contributed by atoms with Crippen molar-refractivity contribution in [3.63, 3.8) is 0 Å². The van der Waals surface area contributed by atoms with E-state index in [9.17, 15) is 13.2 Å². The number of aryl methyl sites for hydroxylation is 2. The summed E-state index contributed by atoms with van der Waals surface area (Å²) in [6, 6.07) is 20.9. The molecule has 1 atom stereocenters. The standard InChI is InChI=1S/C28H28N4O4S/c1-19-8-6-7-11-25(19)37(34,35)31-28(33)30-23(16-20-9-4-3-5-10-20)26-27(32(2)18-29-26)22-12-13-24-21(17-22)14-15-36-24/h3-13,17-18,23H,14-16H2,1-2H3,(H2,30,31,33). The first-order valence-electron chi connectivity index (χ1n) is 12.0. The molecule has 0 fully saturated rings. The first kappa shape index (κ1) is 24.6. The number of ether oxygens (including phenoxy) is 1. The van der Waals surface area contributed by atoms with Crippen LogP contribution in [0.15, 0.2) is 84.0 Å². The van der Waals surface area contributed by atoms with Crippen molar-refractivity contribution in [3.05, 3.63) is 102 Å². The number of sulfonamides is 1. The van der Waals surface area contributed by atoms with Crippen molar-refractivity contribution in [2.45, 2.75) is 30.7 Å². The Morgan fingerprint density at radius 1 is 1.08 bits per heavy atom. The number of carbonyl (C=O) groups excluding carboxylic acids is 1. The zero-order valence-electron chi connectivity index (χ0n) is 20.6. The van der Waals surface area contributed by atoms with E-state index in [0.717, 1.165) is 34.6 Å². The Kier molecular flexibility index (Phi) is 6.71. The van der Waals surface area contributed by atoms with Gasteiger partial charge in [0.25, 0.3) is 10.0 Å². The van der Waals surface area contributed by atoms with Gasteiger partial charge in [0, 0.05) is 19.0 Å². The fourth-order valence-electron chi connectivity index (χ4n) is 4.68. The molecule has 2 heterocycles. The van der Waals surface area contributed by atoms with Gasteiger partial charge in [-0.3, -0.25) is 0 Å². The number of aromatic nitrogens is 2. The molecule has 3 aromatic carbocycles. The molecule has 1 aliphatic heterocycles. The number of fused-ring (bicyclic) bond motifs is 1.